The molecule has 1 N–H and O–H groups in total. The SMILES string of the molecule is COc1cc(C/C(=N/O)C(F)(F)F)cc(OC)c1. The standard InChI is InChI=1S/C11H12F3NO3/c1-17-8-3-7(4-9(6-8)18-2)5-10(15-16)11(12,13)14/h3-4,6,16H,5H2,1-2H3/b15-10-. The lowest BCUT2D eigenvalue weighted by molar-refractivity contribution is -0.0622. The number of alkyl halides is 3. The molecule has 0 aliphatic carbocycles. The van der Waals surface area contributed by atoms with Gasteiger partial charge < -0.3 is 14.7 Å². The minimum atomic E-state index is -4.68. The van der Waals surface area contributed by atoms with Crippen LogP contribution in [0.4, 0.5) is 13.2 Å². The van der Waals surface area contributed by atoms with Gasteiger partial charge in [0.2, 0.25) is 0 Å². The Labute approximate surface area is 102 Å². The molecule has 0 atom stereocenters. The quantitative estimate of drug-likeness (QED) is 0.516. The summed E-state index contributed by atoms with van der Waals surface area (Å²) in [5, 5.41) is 10.7. The highest BCUT2D eigenvalue weighted by atomic mass is 19.4. The van der Waals surface area contributed by atoms with Gasteiger partial charge in [0.25, 0.3) is 0 Å². The highest BCUT2D eigenvalue weighted by Crippen LogP contribution is 2.26. The predicted octanol–water partition coefficient (Wildman–Crippen LogP) is 2.64. The molecule has 0 radical (unpaired) electrons. The number of rotatable bonds is 4. The summed E-state index contributed by atoms with van der Waals surface area (Å²) in [7, 11) is 2.78. The second-order valence-corrected chi connectivity index (χ2v) is 3.44. The molecule has 0 saturated carbocycles. The van der Waals surface area contributed by atoms with Gasteiger partial charge >= 0.3 is 6.18 Å². The van der Waals surface area contributed by atoms with Crippen molar-refractivity contribution in [3.63, 3.8) is 0 Å². The minimum Gasteiger partial charge on any atom is -0.497 e. The van der Waals surface area contributed by atoms with Crippen molar-refractivity contribution in [3.05, 3.63) is 23.8 Å². The highest BCUT2D eigenvalue weighted by molar-refractivity contribution is 5.91. The molecule has 0 spiro atoms. The van der Waals surface area contributed by atoms with Gasteiger partial charge in [-0.05, 0) is 17.7 Å². The van der Waals surface area contributed by atoms with Crippen LogP contribution < -0.4 is 9.47 Å². The number of hydrogen-bond donors (Lipinski definition) is 1. The topological polar surface area (TPSA) is 51.0 Å². The third kappa shape index (κ3) is 3.54. The maximum absolute atomic E-state index is 12.4. The molecule has 1 aromatic rings. The van der Waals surface area contributed by atoms with Crippen LogP contribution in [0.1, 0.15) is 5.56 Å². The zero-order valence-electron chi connectivity index (χ0n) is 9.78. The van der Waals surface area contributed by atoms with Crippen LogP contribution in [0.5, 0.6) is 11.5 Å². The van der Waals surface area contributed by atoms with Gasteiger partial charge in [0.15, 0.2) is 5.71 Å². The Kier molecular flexibility index (Phi) is 4.41. The fourth-order valence-corrected chi connectivity index (χ4v) is 1.35. The van der Waals surface area contributed by atoms with E-state index in [1.54, 1.807) is 0 Å². The fourth-order valence-electron chi connectivity index (χ4n) is 1.35. The number of nitrogens with zero attached hydrogens (tertiary/aromatic N) is 1. The highest BCUT2D eigenvalue weighted by Gasteiger charge is 2.36. The Morgan fingerprint density at radius 3 is 2.00 bits per heavy atom. The first kappa shape index (κ1) is 14.1. The molecule has 18 heavy (non-hydrogen) atoms. The summed E-state index contributed by atoms with van der Waals surface area (Å²) >= 11 is 0. The second-order valence-electron chi connectivity index (χ2n) is 3.44. The lowest BCUT2D eigenvalue weighted by atomic mass is 10.1. The Bertz CT molecular complexity index is 421. The molecule has 0 amide bonds. The largest absolute Gasteiger partial charge is 0.497 e. The van der Waals surface area contributed by atoms with Crippen LogP contribution in [0.2, 0.25) is 0 Å². The molecule has 4 nitrogen and oxygen atoms in total. The fraction of sp³-hybridized carbons (Fsp3) is 0.364. The van der Waals surface area contributed by atoms with Crippen molar-refractivity contribution >= 4 is 5.71 Å². The average molecular weight is 263 g/mol. The summed E-state index contributed by atoms with van der Waals surface area (Å²) in [6.07, 6.45) is -5.24. The van der Waals surface area contributed by atoms with Crippen LogP contribution in [0.25, 0.3) is 0 Å². The molecule has 1 rings (SSSR count). The van der Waals surface area contributed by atoms with Gasteiger partial charge in [-0.3, -0.25) is 0 Å². The van der Waals surface area contributed by atoms with Gasteiger partial charge in [-0.25, -0.2) is 0 Å². The molecule has 0 aliphatic heterocycles. The molecule has 0 saturated heterocycles. The van der Waals surface area contributed by atoms with E-state index in [1.165, 1.54) is 32.4 Å². The van der Waals surface area contributed by atoms with Gasteiger partial charge in [0.1, 0.15) is 11.5 Å². The summed E-state index contributed by atoms with van der Waals surface area (Å²) in [4.78, 5) is 0. The Morgan fingerprint density at radius 2 is 1.67 bits per heavy atom. The maximum atomic E-state index is 12.4. The van der Waals surface area contributed by atoms with Gasteiger partial charge in [-0.1, -0.05) is 5.16 Å². The third-order valence-corrected chi connectivity index (χ3v) is 2.23. The van der Waals surface area contributed by atoms with Crippen LogP contribution in [0.15, 0.2) is 23.4 Å². The number of ether oxygens (including phenoxy) is 2. The van der Waals surface area contributed by atoms with Crippen LogP contribution >= 0.6 is 0 Å². The van der Waals surface area contributed by atoms with Crippen molar-refractivity contribution in [2.75, 3.05) is 14.2 Å². The monoisotopic (exact) mass is 263 g/mol. The first-order valence-electron chi connectivity index (χ1n) is 4.90. The van der Waals surface area contributed by atoms with Crippen molar-refractivity contribution in [1.29, 1.82) is 0 Å². The van der Waals surface area contributed by atoms with E-state index in [1.807, 2.05) is 0 Å². The lowest BCUT2D eigenvalue weighted by Crippen LogP contribution is -2.25. The van der Waals surface area contributed by atoms with Gasteiger partial charge in [-0.2, -0.15) is 13.2 Å². The first-order chi connectivity index (χ1) is 8.40. The van der Waals surface area contributed by atoms with Crippen molar-refractivity contribution in [2.45, 2.75) is 12.6 Å². The molecule has 0 aliphatic rings. The van der Waals surface area contributed by atoms with E-state index < -0.39 is 18.3 Å². The van der Waals surface area contributed by atoms with E-state index in [2.05, 4.69) is 5.16 Å². The number of halogens is 3. The summed E-state index contributed by atoms with van der Waals surface area (Å²) in [6.45, 7) is 0. The van der Waals surface area contributed by atoms with E-state index in [0.29, 0.717) is 11.5 Å². The van der Waals surface area contributed by atoms with Crippen LogP contribution in [0, 0.1) is 0 Å². The van der Waals surface area contributed by atoms with Crippen LogP contribution in [-0.4, -0.2) is 31.3 Å². The smallest absolute Gasteiger partial charge is 0.433 e. The summed E-state index contributed by atoms with van der Waals surface area (Å²) in [5.41, 5.74) is -1.01. The zero-order chi connectivity index (χ0) is 13.8. The number of methoxy groups -OCH3 is 2. The first-order valence-corrected chi connectivity index (χ1v) is 4.90. The van der Waals surface area contributed by atoms with E-state index in [0.717, 1.165) is 0 Å². The summed E-state index contributed by atoms with van der Waals surface area (Å²) in [5.74, 6) is 0.729. The van der Waals surface area contributed by atoms with Crippen LogP contribution in [0.3, 0.4) is 0 Å². The van der Waals surface area contributed by atoms with E-state index >= 15 is 0 Å². The molecular weight excluding hydrogens is 251 g/mol. The van der Waals surface area contributed by atoms with Gasteiger partial charge in [0, 0.05) is 12.5 Å². The molecule has 7 heteroatoms. The van der Waals surface area contributed by atoms with Crippen molar-refractivity contribution in [3.8, 4) is 11.5 Å². The normalized spacial score (nSPS) is 12.4. The van der Waals surface area contributed by atoms with Crippen molar-refractivity contribution in [2.24, 2.45) is 5.16 Å². The molecule has 1 aromatic carbocycles. The Morgan fingerprint density at radius 1 is 1.17 bits per heavy atom. The Hall–Kier alpha value is -1.92. The third-order valence-electron chi connectivity index (χ3n) is 2.23. The van der Waals surface area contributed by atoms with E-state index in [4.69, 9.17) is 14.7 Å². The number of hydrogen-bond acceptors (Lipinski definition) is 4. The van der Waals surface area contributed by atoms with Crippen LogP contribution in [-0.2, 0) is 6.42 Å². The average Bonchev–Trinajstić information content (AvgIpc) is 2.33. The number of oxime groups is 1. The molecule has 0 heterocycles. The summed E-state index contributed by atoms with van der Waals surface area (Å²) in [6, 6.07) is 4.37. The van der Waals surface area contributed by atoms with Crippen molar-refractivity contribution in [1.82, 2.24) is 0 Å². The molecule has 0 unspecified atom stereocenters. The van der Waals surface area contributed by atoms with Crippen molar-refractivity contribution < 1.29 is 27.9 Å². The number of benzene rings is 1. The van der Waals surface area contributed by atoms with Gasteiger partial charge in [0.05, 0.1) is 14.2 Å². The van der Waals surface area contributed by atoms with E-state index in [9.17, 15) is 13.2 Å². The molecule has 100 valence electrons. The molecule has 0 fully saturated rings. The Balaban J connectivity index is 3.03. The molecule has 0 bridgehead atoms. The lowest BCUT2D eigenvalue weighted by Gasteiger charge is -2.11. The minimum absolute atomic E-state index is 0.274. The predicted molar refractivity (Wildman–Crippen MR) is 58.5 cm³/mol. The molecule has 0 aromatic heterocycles. The second kappa shape index (κ2) is 5.61. The maximum Gasteiger partial charge on any atom is 0.433 e. The zero-order valence-corrected chi connectivity index (χ0v) is 9.78. The van der Waals surface area contributed by atoms with E-state index in [-0.39, 0.29) is 5.56 Å². The molecular formula is C11H12F3NO3. The van der Waals surface area contributed by atoms with Gasteiger partial charge in [-0.15, -0.1) is 0 Å². The summed E-state index contributed by atoms with van der Waals surface area (Å²) < 4.78 is 47.1.